The lowest BCUT2D eigenvalue weighted by atomic mass is 9.86. The van der Waals surface area contributed by atoms with Crippen molar-refractivity contribution in [2.24, 2.45) is 0 Å². The highest BCUT2D eigenvalue weighted by Gasteiger charge is 2.17. The topological polar surface area (TPSA) is 25.8 Å². The molecule has 244 valence electrons. The molecule has 10 aromatic rings. The van der Waals surface area contributed by atoms with Crippen LogP contribution >= 0.6 is 22.7 Å². The van der Waals surface area contributed by atoms with Gasteiger partial charge in [0, 0.05) is 34.3 Å². The van der Waals surface area contributed by atoms with Crippen molar-refractivity contribution < 1.29 is 0 Å². The van der Waals surface area contributed by atoms with Gasteiger partial charge < -0.3 is 0 Å². The minimum Gasteiger partial charge on any atom is -0.245 e. The van der Waals surface area contributed by atoms with Crippen molar-refractivity contribution in [3.8, 4) is 65.6 Å². The first-order valence-electron chi connectivity index (χ1n) is 17.4. The van der Waals surface area contributed by atoms with Crippen molar-refractivity contribution in [2.75, 3.05) is 0 Å². The number of thiazole rings is 2. The van der Waals surface area contributed by atoms with Crippen LogP contribution in [0.25, 0.3) is 98.0 Å². The molecule has 2 nitrogen and oxygen atoms in total. The Morgan fingerprint density at radius 1 is 0.288 bits per heavy atom. The average molecular weight is 699 g/mol. The summed E-state index contributed by atoms with van der Waals surface area (Å²) in [5.41, 5.74) is 11.9. The van der Waals surface area contributed by atoms with Gasteiger partial charge in [-0.3, -0.25) is 0 Å². The molecule has 0 saturated carbocycles. The molecule has 0 fully saturated rings. The number of nitrogens with zero attached hydrogens (tertiary/aromatic N) is 2. The Morgan fingerprint density at radius 2 is 0.654 bits per heavy atom. The van der Waals surface area contributed by atoms with Crippen molar-refractivity contribution in [3.05, 3.63) is 181 Å². The van der Waals surface area contributed by atoms with Crippen molar-refractivity contribution in [3.63, 3.8) is 0 Å². The predicted octanol–water partition coefficient (Wildman–Crippen LogP) is 14.1. The standard InChI is InChI=1S/C48H30N2S2/c1-3-7-33(8-4-1)41-29-45-43-27-37(31-11-15-35(16-12-31)47-49-23-25-51-47)19-21-39(43)40-22-20-38(32-13-17-36(18-14-32)48-50-24-26-52-48)28-44(40)46(45)30-42(41)34-9-5-2-6-10-34/h1-30H. The van der Waals surface area contributed by atoms with E-state index in [0.29, 0.717) is 0 Å². The second-order valence-corrected chi connectivity index (χ2v) is 14.8. The van der Waals surface area contributed by atoms with Gasteiger partial charge in [-0.05, 0) is 101 Å². The SMILES string of the molecule is c1ccc(-c2cc3c4cc(-c5ccc(-c6nccs6)cc5)ccc4c4ccc(-c5ccc(-c6nccs6)cc5)cc4c3cc2-c2ccccc2)cc1. The van der Waals surface area contributed by atoms with Gasteiger partial charge >= 0.3 is 0 Å². The van der Waals surface area contributed by atoms with Gasteiger partial charge in [0.2, 0.25) is 0 Å². The molecule has 0 aliphatic carbocycles. The largest absolute Gasteiger partial charge is 0.245 e. The lowest BCUT2D eigenvalue weighted by Gasteiger charge is -2.18. The summed E-state index contributed by atoms with van der Waals surface area (Å²) in [5.74, 6) is 0. The second-order valence-electron chi connectivity index (χ2n) is 13.0. The Kier molecular flexibility index (Phi) is 7.56. The highest BCUT2D eigenvalue weighted by Crippen LogP contribution is 2.44. The van der Waals surface area contributed by atoms with E-state index in [1.54, 1.807) is 22.7 Å². The molecule has 0 spiro atoms. The average Bonchev–Trinajstić information content (AvgIpc) is 3.97. The highest BCUT2D eigenvalue weighted by molar-refractivity contribution is 7.13. The van der Waals surface area contributed by atoms with E-state index in [9.17, 15) is 0 Å². The van der Waals surface area contributed by atoms with E-state index in [0.717, 1.165) is 21.1 Å². The molecule has 8 aromatic carbocycles. The summed E-state index contributed by atoms with van der Waals surface area (Å²) >= 11 is 3.33. The van der Waals surface area contributed by atoms with Gasteiger partial charge in [0.05, 0.1) is 0 Å². The number of hydrogen-bond donors (Lipinski definition) is 0. The van der Waals surface area contributed by atoms with Crippen LogP contribution in [-0.4, -0.2) is 9.97 Å². The number of hydrogen-bond acceptors (Lipinski definition) is 4. The molecule has 0 N–H and O–H groups in total. The lowest BCUT2D eigenvalue weighted by molar-refractivity contribution is 1.41. The van der Waals surface area contributed by atoms with Crippen LogP contribution in [0.3, 0.4) is 0 Å². The van der Waals surface area contributed by atoms with Crippen LogP contribution in [0.2, 0.25) is 0 Å². The molecule has 52 heavy (non-hydrogen) atoms. The van der Waals surface area contributed by atoms with E-state index < -0.39 is 0 Å². The summed E-state index contributed by atoms with van der Waals surface area (Å²) in [7, 11) is 0. The van der Waals surface area contributed by atoms with Crippen LogP contribution in [0.5, 0.6) is 0 Å². The van der Waals surface area contributed by atoms with Gasteiger partial charge in [-0.2, -0.15) is 0 Å². The first-order valence-corrected chi connectivity index (χ1v) is 19.1. The Morgan fingerprint density at radius 3 is 1.04 bits per heavy atom. The van der Waals surface area contributed by atoms with Crippen LogP contribution in [0.1, 0.15) is 0 Å². The molecule has 0 amide bonds. The first kappa shape index (κ1) is 30.6. The molecule has 4 heteroatoms. The van der Waals surface area contributed by atoms with Crippen molar-refractivity contribution >= 4 is 55.0 Å². The van der Waals surface area contributed by atoms with Gasteiger partial charge in [0.15, 0.2) is 0 Å². The molecule has 0 saturated heterocycles. The normalized spacial score (nSPS) is 11.5. The lowest BCUT2D eigenvalue weighted by Crippen LogP contribution is -1.91. The van der Waals surface area contributed by atoms with Gasteiger partial charge in [-0.15, -0.1) is 22.7 Å². The third-order valence-corrected chi connectivity index (χ3v) is 11.7. The van der Waals surface area contributed by atoms with Crippen LogP contribution in [-0.2, 0) is 0 Å². The van der Waals surface area contributed by atoms with E-state index in [2.05, 4.69) is 168 Å². The summed E-state index contributed by atoms with van der Waals surface area (Å²) in [6.07, 6.45) is 3.73. The number of fused-ring (bicyclic) bond motifs is 6. The minimum absolute atomic E-state index is 1.04. The minimum atomic E-state index is 1.04. The van der Waals surface area contributed by atoms with Gasteiger partial charge in [0.1, 0.15) is 10.0 Å². The van der Waals surface area contributed by atoms with Crippen LogP contribution in [0.4, 0.5) is 0 Å². The fourth-order valence-corrected chi connectivity index (χ4v) is 8.75. The zero-order valence-corrected chi connectivity index (χ0v) is 29.7. The molecule has 2 aromatic heterocycles. The quantitative estimate of drug-likeness (QED) is 0.162. The van der Waals surface area contributed by atoms with E-state index in [-0.39, 0.29) is 0 Å². The van der Waals surface area contributed by atoms with Crippen molar-refractivity contribution in [1.29, 1.82) is 0 Å². The third-order valence-electron chi connectivity index (χ3n) is 10.0. The fourth-order valence-electron chi connectivity index (χ4n) is 7.46. The Labute approximate surface area is 310 Å². The summed E-state index contributed by atoms with van der Waals surface area (Å²) < 4.78 is 0. The first-order chi connectivity index (χ1) is 25.8. The molecular weight excluding hydrogens is 669 g/mol. The fraction of sp³-hybridized carbons (Fsp3) is 0. The molecule has 0 aliphatic heterocycles. The Hall–Kier alpha value is -6.20. The highest BCUT2D eigenvalue weighted by atomic mass is 32.1. The maximum atomic E-state index is 4.51. The zero-order chi connectivity index (χ0) is 34.4. The summed E-state index contributed by atoms with van der Waals surface area (Å²) in [5, 5.41) is 13.6. The molecular formula is C48H30N2S2. The number of aromatic nitrogens is 2. The van der Waals surface area contributed by atoms with E-state index in [1.807, 2.05) is 23.2 Å². The smallest absolute Gasteiger partial charge is 0.123 e. The second kappa shape index (κ2) is 12.8. The third kappa shape index (κ3) is 5.41. The molecule has 0 bridgehead atoms. The van der Waals surface area contributed by atoms with Crippen LogP contribution in [0.15, 0.2) is 181 Å². The monoisotopic (exact) mass is 698 g/mol. The summed E-state index contributed by atoms with van der Waals surface area (Å²) in [6.45, 7) is 0. The van der Waals surface area contributed by atoms with E-state index >= 15 is 0 Å². The van der Waals surface area contributed by atoms with Gasteiger partial charge in [-0.1, -0.05) is 133 Å². The Bertz CT molecular complexity index is 2640. The van der Waals surface area contributed by atoms with Crippen LogP contribution in [0, 0.1) is 0 Å². The van der Waals surface area contributed by atoms with Crippen molar-refractivity contribution in [2.45, 2.75) is 0 Å². The molecule has 10 rings (SSSR count). The van der Waals surface area contributed by atoms with Gasteiger partial charge in [-0.25, -0.2) is 9.97 Å². The van der Waals surface area contributed by atoms with E-state index in [1.165, 1.54) is 76.8 Å². The zero-order valence-electron chi connectivity index (χ0n) is 28.0. The summed E-state index contributed by atoms with van der Waals surface area (Å²) in [6, 6.07) is 58.0. The molecule has 0 unspecified atom stereocenters. The maximum Gasteiger partial charge on any atom is 0.123 e. The van der Waals surface area contributed by atoms with Crippen molar-refractivity contribution in [1.82, 2.24) is 9.97 Å². The number of rotatable bonds is 6. The molecule has 0 radical (unpaired) electrons. The Balaban J connectivity index is 1.22. The van der Waals surface area contributed by atoms with Crippen LogP contribution < -0.4 is 0 Å². The maximum absolute atomic E-state index is 4.51. The van der Waals surface area contributed by atoms with E-state index in [4.69, 9.17) is 0 Å². The number of benzene rings is 8. The molecule has 0 aliphatic rings. The van der Waals surface area contributed by atoms with Gasteiger partial charge in [0.25, 0.3) is 0 Å². The molecule has 2 heterocycles. The summed E-state index contributed by atoms with van der Waals surface area (Å²) in [4.78, 5) is 9.02. The predicted molar refractivity (Wildman–Crippen MR) is 223 cm³/mol. The molecule has 0 atom stereocenters.